The fourth-order valence-electron chi connectivity index (χ4n) is 2.30. The monoisotopic (exact) mass is 282 g/mol. The molecule has 0 saturated heterocycles. The molecule has 21 heavy (non-hydrogen) atoms. The highest BCUT2D eigenvalue weighted by molar-refractivity contribution is 6.06. The lowest BCUT2D eigenvalue weighted by molar-refractivity contribution is 0.102. The van der Waals surface area contributed by atoms with Gasteiger partial charge in [0.1, 0.15) is 0 Å². The second-order valence-electron chi connectivity index (χ2n) is 6.32. The van der Waals surface area contributed by atoms with Crippen molar-refractivity contribution in [3.63, 3.8) is 0 Å². The van der Waals surface area contributed by atoms with Gasteiger partial charge < -0.3 is 11.1 Å². The molecule has 0 saturated carbocycles. The van der Waals surface area contributed by atoms with Crippen LogP contribution in [-0.2, 0) is 5.41 Å². The maximum absolute atomic E-state index is 12.6. The highest BCUT2D eigenvalue weighted by atomic mass is 16.1. The summed E-state index contributed by atoms with van der Waals surface area (Å²) in [6.45, 7) is 8.26. The van der Waals surface area contributed by atoms with Crippen molar-refractivity contribution < 1.29 is 4.79 Å². The number of anilines is 2. The summed E-state index contributed by atoms with van der Waals surface area (Å²) in [4.78, 5) is 12.6. The molecule has 0 bridgehead atoms. The fourth-order valence-corrected chi connectivity index (χ4v) is 2.30. The smallest absolute Gasteiger partial charge is 0.255 e. The molecule has 2 rings (SSSR count). The SMILES string of the molecule is Cc1ccc(N)cc1NC(=O)c1ccccc1C(C)(C)C. The average Bonchev–Trinajstić information content (AvgIpc) is 2.42. The van der Waals surface area contributed by atoms with Crippen LogP contribution in [0.25, 0.3) is 0 Å². The number of carbonyl (C=O) groups is 1. The summed E-state index contributed by atoms with van der Waals surface area (Å²) >= 11 is 0. The van der Waals surface area contributed by atoms with Crippen LogP contribution in [-0.4, -0.2) is 5.91 Å². The minimum atomic E-state index is -0.103. The Kier molecular flexibility index (Phi) is 4.03. The van der Waals surface area contributed by atoms with E-state index in [1.165, 1.54) is 0 Å². The number of benzene rings is 2. The number of rotatable bonds is 2. The van der Waals surface area contributed by atoms with Gasteiger partial charge in [-0.3, -0.25) is 4.79 Å². The second-order valence-corrected chi connectivity index (χ2v) is 6.32. The molecule has 0 aliphatic rings. The Balaban J connectivity index is 2.36. The van der Waals surface area contributed by atoms with Gasteiger partial charge >= 0.3 is 0 Å². The van der Waals surface area contributed by atoms with Crippen LogP contribution in [0.1, 0.15) is 42.3 Å². The molecular formula is C18H22N2O. The number of nitrogens with two attached hydrogens (primary N) is 1. The molecule has 0 unspecified atom stereocenters. The van der Waals surface area contributed by atoms with Gasteiger partial charge in [0, 0.05) is 16.9 Å². The van der Waals surface area contributed by atoms with Crippen molar-refractivity contribution in [2.24, 2.45) is 0 Å². The third-order valence-electron chi connectivity index (χ3n) is 3.49. The van der Waals surface area contributed by atoms with Crippen LogP contribution in [0.15, 0.2) is 42.5 Å². The summed E-state index contributed by atoms with van der Waals surface area (Å²) in [5.74, 6) is -0.103. The van der Waals surface area contributed by atoms with E-state index < -0.39 is 0 Å². The molecule has 3 nitrogen and oxygen atoms in total. The number of amides is 1. The molecule has 0 aromatic heterocycles. The molecule has 3 N–H and O–H groups in total. The fraction of sp³-hybridized carbons (Fsp3) is 0.278. The number of carbonyl (C=O) groups excluding carboxylic acids is 1. The zero-order valence-corrected chi connectivity index (χ0v) is 13.0. The van der Waals surface area contributed by atoms with E-state index in [0.717, 1.165) is 16.8 Å². The van der Waals surface area contributed by atoms with E-state index in [0.29, 0.717) is 11.3 Å². The summed E-state index contributed by atoms with van der Waals surface area (Å²) in [5.41, 5.74) is 9.82. The third-order valence-corrected chi connectivity index (χ3v) is 3.49. The molecule has 0 radical (unpaired) electrons. The number of nitrogens with one attached hydrogen (secondary N) is 1. The lowest BCUT2D eigenvalue weighted by atomic mass is 9.83. The van der Waals surface area contributed by atoms with Crippen LogP contribution in [0.4, 0.5) is 11.4 Å². The van der Waals surface area contributed by atoms with E-state index >= 15 is 0 Å². The molecule has 0 fully saturated rings. The molecule has 0 aliphatic carbocycles. The van der Waals surface area contributed by atoms with Gasteiger partial charge in [-0.25, -0.2) is 0 Å². The van der Waals surface area contributed by atoms with Gasteiger partial charge in [-0.15, -0.1) is 0 Å². The largest absolute Gasteiger partial charge is 0.399 e. The van der Waals surface area contributed by atoms with Crippen LogP contribution in [0, 0.1) is 6.92 Å². The van der Waals surface area contributed by atoms with E-state index in [1.807, 2.05) is 43.3 Å². The van der Waals surface area contributed by atoms with E-state index in [2.05, 4.69) is 26.1 Å². The molecule has 3 heteroatoms. The van der Waals surface area contributed by atoms with Gasteiger partial charge in [-0.1, -0.05) is 45.0 Å². The molecule has 0 aliphatic heterocycles. The summed E-state index contributed by atoms with van der Waals surface area (Å²) in [6.07, 6.45) is 0. The molecule has 2 aromatic carbocycles. The molecule has 110 valence electrons. The van der Waals surface area contributed by atoms with Gasteiger partial charge in [0.25, 0.3) is 5.91 Å². The first-order valence-electron chi connectivity index (χ1n) is 7.06. The molecule has 0 atom stereocenters. The van der Waals surface area contributed by atoms with Gasteiger partial charge in [0.2, 0.25) is 0 Å². The molecule has 0 heterocycles. The zero-order chi connectivity index (χ0) is 15.6. The molecule has 1 amide bonds. The number of nitrogen functional groups attached to an aromatic ring is 1. The molecule has 0 spiro atoms. The van der Waals surface area contributed by atoms with Gasteiger partial charge in [0.05, 0.1) is 0 Å². The van der Waals surface area contributed by atoms with Crippen molar-refractivity contribution in [1.29, 1.82) is 0 Å². The number of hydrogen-bond donors (Lipinski definition) is 2. The first-order valence-corrected chi connectivity index (χ1v) is 7.06. The maximum atomic E-state index is 12.6. The molecule has 2 aromatic rings. The van der Waals surface area contributed by atoms with E-state index in [4.69, 9.17) is 5.73 Å². The Morgan fingerprint density at radius 2 is 1.76 bits per heavy atom. The normalized spacial score (nSPS) is 11.2. The molecular weight excluding hydrogens is 260 g/mol. The quantitative estimate of drug-likeness (QED) is 0.814. The summed E-state index contributed by atoms with van der Waals surface area (Å²) < 4.78 is 0. The maximum Gasteiger partial charge on any atom is 0.255 e. The van der Waals surface area contributed by atoms with E-state index in [1.54, 1.807) is 6.07 Å². The highest BCUT2D eigenvalue weighted by Gasteiger charge is 2.21. The van der Waals surface area contributed by atoms with Gasteiger partial charge in [-0.2, -0.15) is 0 Å². The van der Waals surface area contributed by atoms with Crippen molar-refractivity contribution in [3.05, 3.63) is 59.2 Å². The van der Waals surface area contributed by atoms with Crippen LogP contribution in [0.3, 0.4) is 0 Å². The van der Waals surface area contributed by atoms with Crippen LogP contribution >= 0.6 is 0 Å². The van der Waals surface area contributed by atoms with Crippen molar-refractivity contribution in [2.45, 2.75) is 33.1 Å². The Hall–Kier alpha value is -2.29. The second kappa shape index (κ2) is 5.60. The topological polar surface area (TPSA) is 55.1 Å². The summed E-state index contributed by atoms with van der Waals surface area (Å²) in [7, 11) is 0. The summed E-state index contributed by atoms with van der Waals surface area (Å²) in [6, 6.07) is 13.2. The predicted molar refractivity (Wildman–Crippen MR) is 88.7 cm³/mol. The zero-order valence-electron chi connectivity index (χ0n) is 13.0. The Morgan fingerprint density at radius 1 is 1.10 bits per heavy atom. The van der Waals surface area contributed by atoms with E-state index in [9.17, 15) is 4.79 Å². The lowest BCUT2D eigenvalue weighted by Gasteiger charge is -2.22. The average molecular weight is 282 g/mol. The van der Waals surface area contributed by atoms with Gasteiger partial charge in [-0.05, 0) is 41.7 Å². The van der Waals surface area contributed by atoms with Crippen LogP contribution < -0.4 is 11.1 Å². The van der Waals surface area contributed by atoms with Crippen LogP contribution in [0.5, 0.6) is 0 Å². The lowest BCUT2D eigenvalue weighted by Crippen LogP contribution is -2.21. The Morgan fingerprint density at radius 3 is 2.43 bits per heavy atom. The minimum Gasteiger partial charge on any atom is -0.399 e. The number of hydrogen-bond acceptors (Lipinski definition) is 2. The predicted octanol–water partition coefficient (Wildman–Crippen LogP) is 4.13. The van der Waals surface area contributed by atoms with Gasteiger partial charge in [0.15, 0.2) is 0 Å². The third kappa shape index (κ3) is 3.43. The van der Waals surface area contributed by atoms with Crippen molar-refractivity contribution >= 4 is 17.3 Å². The first kappa shape index (κ1) is 15.1. The highest BCUT2D eigenvalue weighted by Crippen LogP contribution is 2.27. The summed E-state index contributed by atoms with van der Waals surface area (Å²) in [5, 5.41) is 2.96. The van der Waals surface area contributed by atoms with Crippen molar-refractivity contribution in [2.75, 3.05) is 11.1 Å². The first-order chi connectivity index (χ1) is 9.79. The van der Waals surface area contributed by atoms with E-state index in [-0.39, 0.29) is 11.3 Å². The standard InChI is InChI=1S/C18H22N2O/c1-12-9-10-13(19)11-16(12)20-17(21)14-7-5-6-8-15(14)18(2,3)4/h5-11H,19H2,1-4H3,(H,20,21). The van der Waals surface area contributed by atoms with Crippen molar-refractivity contribution in [1.82, 2.24) is 0 Å². The minimum absolute atomic E-state index is 0.0846. The van der Waals surface area contributed by atoms with Crippen LogP contribution in [0.2, 0.25) is 0 Å². The Labute approximate surface area is 126 Å². The number of aryl methyl sites for hydroxylation is 1. The van der Waals surface area contributed by atoms with Crippen molar-refractivity contribution in [3.8, 4) is 0 Å². The Bertz CT molecular complexity index is 669.